The highest BCUT2D eigenvalue weighted by Crippen LogP contribution is 2.37. The van der Waals surface area contributed by atoms with Gasteiger partial charge in [0.1, 0.15) is 11.3 Å². The van der Waals surface area contributed by atoms with E-state index >= 15 is 0 Å². The van der Waals surface area contributed by atoms with Crippen LogP contribution in [0.5, 0.6) is 0 Å². The summed E-state index contributed by atoms with van der Waals surface area (Å²) in [5.74, 6) is 1.81. The van der Waals surface area contributed by atoms with Gasteiger partial charge >= 0.3 is 0 Å². The van der Waals surface area contributed by atoms with Gasteiger partial charge in [-0.05, 0) is 24.9 Å². The molecule has 1 heterocycles. The summed E-state index contributed by atoms with van der Waals surface area (Å²) in [5.41, 5.74) is 2.42. The molecular weight excluding hydrogens is 258 g/mol. The maximum atomic E-state index is 6.11. The van der Waals surface area contributed by atoms with E-state index in [1.165, 1.54) is 23.8 Å². The highest BCUT2D eigenvalue weighted by Gasteiger charge is 2.26. The van der Waals surface area contributed by atoms with Crippen molar-refractivity contribution in [3.05, 3.63) is 35.6 Å². The fourth-order valence-electron chi connectivity index (χ4n) is 3.28. The van der Waals surface area contributed by atoms with Gasteiger partial charge in [-0.1, -0.05) is 58.7 Å². The molecule has 0 aliphatic rings. The molecule has 116 valence electrons. The Morgan fingerprint density at radius 1 is 1.05 bits per heavy atom. The molecule has 2 aromatic rings. The van der Waals surface area contributed by atoms with Crippen LogP contribution in [0.25, 0.3) is 11.0 Å². The summed E-state index contributed by atoms with van der Waals surface area (Å²) in [6.07, 6.45) is 4.50. The first-order chi connectivity index (χ1) is 10.3. The van der Waals surface area contributed by atoms with Crippen LogP contribution >= 0.6 is 0 Å². The topological polar surface area (TPSA) is 25.2 Å². The molecule has 2 nitrogen and oxygen atoms in total. The Hall–Kier alpha value is -1.28. The monoisotopic (exact) mass is 287 g/mol. The van der Waals surface area contributed by atoms with Crippen molar-refractivity contribution in [2.75, 3.05) is 6.54 Å². The van der Waals surface area contributed by atoms with E-state index in [1.807, 2.05) is 0 Å². The molecule has 0 radical (unpaired) electrons. The summed E-state index contributed by atoms with van der Waals surface area (Å²) in [5, 5.41) is 5.07. The lowest BCUT2D eigenvalue weighted by atomic mass is 9.86. The minimum absolute atomic E-state index is 0.401. The zero-order valence-electron chi connectivity index (χ0n) is 13.9. The molecule has 0 saturated heterocycles. The number of rotatable bonds is 8. The number of hydrogen-bond acceptors (Lipinski definition) is 2. The minimum Gasteiger partial charge on any atom is -0.461 e. The number of furan rings is 1. The van der Waals surface area contributed by atoms with Crippen LogP contribution in [0.3, 0.4) is 0 Å². The normalized spacial score (nSPS) is 13.2. The molecule has 2 rings (SSSR count). The number of fused-ring (bicyclic) bond motifs is 1. The molecule has 21 heavy (non-hydrogen) atoms. The summed E-state index contributed by atoms with van der Waals surface area (Å²) in [7, 11) is 0. The van der Waals surface area contributed by atoms with Crippen LogP contribution in [0.1, 0.15) is 64.3 Å². The Morgan fingerprint density at radius 3 is 2.38 bits per heavy atom. The predicted octanol–water partition coefficient (Wildman–Crippen LogP) is 5.47. The van der Waals surface area contributed by atoms with Crippen LogP contribution in [0.2, 0.25) is 0 Å². The highest BCUT2D eigenvalue weighted by molar-refractivity contribution is 5.82. The average molecular weight is 287 g/mol. The van der Waals surface area contributed by atoms with Crippen molar-refractivity contribution < 1.29 is 4.42 Å². The number of aryl methyl sites for hydroxylation is 1. The van der Waals surface area contributed by atoms with Crippen molar-refractivity contribution in [2.24, 2.45) is 5.92 Å². The fraction of sp³-hybridized carbons (Fsp3) is 0.579. The number of hydrogen-bond donors (Lipinski definition) is 1. The molecule has 0 saturated carbocycles. The van der Waals surface area contributed by atoms with Gasteiger partial charge in [0, 0.05) is 23.4 Å². The third-order valence-corrected chi connectivity index (χ3v) is 4.48. The second-order valence-electron chi connectivity index (χ2n) is 5.80. The first-order valence-electron chi connectivity index (χ1n) is 8.50. The smallest absolute Gasteiger partial charge is 0.134 e. The van der Waals surface area contributed by atoms with Crippen molar-refractivity contribution in [3.8, 4) is 0 Å². The first-order valence-corrected chi connectivity index (χ1v) is 8.50. The summed E-state index contributed by atoms with van der Waals surface area (Å²) in [6.45, 7) is 10.1. The number of benzene rings is 1. The van der Waals surface area contributed by atoms with E-state index in [4.69, 9.17) is 4.42 Å². The Bertz CT molecular complexity index is 554. The second-order valence-corrected chi connectivity index (χ2v) is 5.80. The van der Waals surface area contributed by atoms with Gasteiger partial charge in [-0.3, -0.25) is 0 Å². The standard InChI is InChI=1S/C19H29NO/c1-5-13-20-19(14(6-2)7-3)18-15-11-9-10-12-17(15)21-16(18)8-4/h9-12,14,19-20H,5-8,13H2,1-4H3. The largest absolute Gasteiger partial charge is 0.461 e. The molecule has 1 atom stereocenters. The zero-order valence-corrected chi connectivity index (χ0v) is 13.9. The highest BCUT2D eigenvalue weighted by atomic mass is 16.3. The van der Waals surface area contributed by atoms with Crippen LogP contribution in [0.4, 0.5) is 0 Å². The Balaban J connectivity index is 2.51. The Morgan fingerprint density at radius 2 is 1.76 bits per heavy atom. The van der Waals surface area contributed by atoms with Crippen LogP contribution in [0, 0.1) is 5.92 Å². The second kappa shape index (κ2) is 7.65. The molecule has 0 amide bonds. The van der Waals surface area contributed by atoms with Gasteiger partial charge in [0.25, 0.3) is 0 Å². The van der Waals surface area contributed by atoms with Crippen LogP contribution in [0.15, 0.2) is 28.7 Å². The van der Waals surface area contributed by atoms with E-state index in [-0.39, 0.29) is 0 Å². The molecule has 1 aromatic carbocycles. The molecular formula is C19H29NO. The lowest BCUT2D eigenvalue weighted by Gasteiger charge is -2.27. The van der Waals surface area contributed by atoms with Gasteiger partial charge < -0.3 is 9.73 Å². The van der Waals surface area contributed by atoms with E-state index in [9.17, 15) is 0 Å². The summed E-state index contributed by atoms with van der Waals surface area (Å²) in [6, 6.07) is 8.86. The molecule has 2 heteroatoms. The van der Waals surface area contributed by atoms with Gasteiger partial charge in [-0.25, -0.2) is 0 Å². The lowest BCUT2D eigenvalue weighted by molar-refractivity contribution is 0.337. The van der Waals surface area contributed by atoms with Crippen molar-refractivity contribution in [2.45, 2.75) is 59.4 Å². The summed E-state index contributed by atoms with van der Waals surface area (Å²) < 4.78 is 6.11. The van der Waals surface area contributed by atoms with Crippen molar-refractivity contribution in [3.63, 3.8) is 0 Å². The number of nitrogens with one attached hydrogen (secondary N) is 1. The average Bonchev–Trinajstić information content (AvgIpc) is 2.90. The van der Waals surface area contributed by atoms with Crippen molar-refractivity contribution in [1.29, 1.82) is 0 Å². The third-order valence-electron chi connectivity index (χ3n) is 4.48. The Kier molecular flexibility index (Phi) is 5.86. The van der Waals surface area contributed by atoms with Crippen LogP contribution < -0.4 is 5.32 Å². The van der Waals surface area contributed by atoms with Gasteiger partial charge in [0.15, 0.2) is 0 Å². The van der Waals surface area contributed by atoms with Crippen LogP contribution in [-0.4, -0.2) is 6.54 Å². The first kappa shape index (κ1) is 16.1. The van der Waals surface area contributed by atoms with Crippen molar-refractivity contribution >= 4 is 11.0 Å². The maximum absolute atomic E-state index is 6.11. The molecule has 1 unspecified atom stereocenters. The zero-order chi connectivity index (χ0) is 15.2. The van der Waals surface area contributed by atoms with Gasteiger partial charge in [0.2, 0.25) is 0 Å². The quantitative estimate of drug-likeness (QED) is 0.696. The predicted molar refractivity (Wildman–Crippen MR) is 90.7 cm³/mol. The maximum Gasteiger partial charge on any atom is 0.134 e. The van der Waals surface area contributed by atoms with Crippen LogP contribution in [-0.2, 0) is 6.42 Å². The minimum atomic E-state index is 0.401. The third kappa shape index (κ3) is 3.32. The van der Waals surface area contributed by atoms with Gasteiger partial charge in [-0.2, -0.15) is 0 Å². The van der Waals surface area contributed by atoms with E-state index < -0.39 is 0 Å². The molecule has 0 fully saturated rings. The molecule has 0 spiro atoms. The molecule has 1 N–H and O–H groups in total. The SMILES string of the molecule is CCCNC(c1c(CC)oc2ccccc12)C(CC)CC. The summed E-state index contributed by atoms with van der Waals surface area (Å²) in [4.78, 5) is 0. The molecule has 0 bridgehead atoms. The molecule has 1 aromatic heterocycles. The van der Waals surface area contributed by atoms with E-state index in [2.05, 4.69) is 57.3 Å². The molecule has 0 aliphatic heterocycles. The lowest BCUT2D eigenvalue weighted by Crippen LogP contribution is -2.29. The van der Waals surface area contributed by atoms with Crippen molar-refractivity contribution in [1.82, 2.24) is 5.32 Å². The van der Waals surface area contributed by atoms with E-state index in [0.29, 0.717) is 12.0 Å². The fourth-order valence-corrected chi connectivity index (χ4v) is 3.28. The van der Waals surface area contributed by atoms with E-state index in [0.717, 1.165) is 30.7 Å². The molecule has 0 aliphatic carbocycles. The van der Waals surface area contributed by atoms with Gasteiger partial charge in [-0.15, -0.1) is 0 Å². The summed E-state index contributed by atoms with van der Waals surface area (Å²) >= 11 is 0. The number of para-hydroxylation sites is 1. The van der Waals surface area contributed by atoms with E-state index in [1.54, 1.807) is 0 Å². The Labute approximate surface area is 128 Å². The van der Waals surface area contributed by atoms with Gasteiger partial charge in [0.05, 0.1) is 0 Å².